The zero-order valence-corrected chi connectivity index (χ0v) is 10.8. The highest BCUT2D eigenvalue weighted by molar-refractivity contribution is 5.94. The second-order valence-electron chi connectivity index (χ2n) is 4.64. The molecule has 0 radical (unpaired) electrons. The molecule has 1 saturated heterocycles. The van der Waals surface area contributed by atoms with Gasteiger partial charge in [-0.2, -0.15) is 0 Å². The SMILES string of the molecule is C/C=C1\CCCN([C@@H](C)c2ccc(F)cc2)C1=O. The quantitative estimate of drug-likeness (QED) is 0.733. The number of hydrogen-bond acceptors (Lipinski definition) is 1. The van der Waals surface area contributed by atoms with Crippen molar-refractivity contribution in [2.45, 2.75) is 32.7 Å². The Morgan fingerprint density at radius 1 is 1.33 bits per heavy atom. The molecule has 1 aliphatic rings. The summed E-state index contributed by atoms with van der Waals surface area (Å²) >= 11 is 0. The Hall–Kier alpha value is -1.64. The van der Waals surface area contributed by atoms with E-state index in [1.165, 1.54) is 12.1 Å². The zero-order chi connectivity index (χ0) is 13.1. The van der Waals surface area contributed by atoms with Gasteiger partial charge in [0.05, 0.1) is 6.04 Å². The molecule has 2 rings (SSSR count). The lowest BCUT2D eigenvalue weighted by atomic mass is 9.99. The summed E-state index contributed by atoms with van der Waals surface area (Å²) < 4.78 is 12.9. The van der Waals surface area contributed by atoms with Crippen LogP contribution in [0, 0.1) is 5.82 Å². The molecular weight excluding hydrogens is 229 g/mol. The summed E-state index contributed by atoms with van der Waals surface area (Å²) in [7, 11) is 0. The van der Waals surface area contributed by atoms with Gasteiger partial charge >= 0.3 is 0 Å². The summed E-state index contributed by atoms with van der Waals surface area (Å²) in [5.74, 6) is -0.134. The van der Waals surface area contributed by atoms with E-state index in [-0.39, 0.29) is 17.8 Å². The minimum atomic E-state index is -0.245. The Bertz CT molecular complexity index is 464. The number of amides is 1. The van der Waals surface area contributed by atoms with Gasteiger partial charge in [-0.3, -0.25) is 4.79 Å². The molecule has 0 unspecified atom stereocenters. The van der Waals surface area contributed by atoms with Crippen LogP contribution in [-0.4, -0.2) is 17.4 Å². The number of carbonyl (C=O) groups is 1. The molecule has 1 heterocycles. The van der Waals surface area contributed by atoms with Gasteiger partial charge in [-0.15, -0.1) is 0 Å². The Balaban J connectivity index is 2.20. The largest absolute Gasteiger partial charge is 0.332 e. The number of allylic oxidation sites excluding steroid dienone is 1. The Morgan fingerprint density at radius 2 is 2.00 bits per heavy atom. The van der Waals surface area contributed by atoms with Crippen molar-refractivity contribution in [3.8, 4) is 0 Å². The molecule has 0 N–H and O–H groups in total. The first-order valence-electron chi connectivity index (χ1n) is 6.35. The molecule has 0 saturated carbocycles. The monoisotopic (exact) mass is 247 g/mol. The number of likely N-dealkylation sites (tertiary alicyclic amines) is 1. The van der Waals surface area contributed by atoms with Gasteiger partial charge in [0.15, 0.2) is 0 Å². The minimum Gasteiger partial charge on any atom is -0.332 e. The highest BCUT2D eigenvalue weighted by Gasteiger charge is 2.27. The molecule has 0 aromatic heterocycles. The molecule has 18 heavy (non-hydrogen) atoms. The van der Waals surface area contributed by atoms with Crippen LogP contribution in [0.5, 0.6) is 0 Å². The first-order chi connectivity index (χ1) is 8.63. The maximum Gasteiger partial charge on any atom is 0.249 e. The Labute approximate surface area is 107 Å². The fourth-order valence-corrected chi connectivity index (χ4v) is 2.39. The maximum atomic E-state index is 12.9. The van der Waals surface area contributed by atoms with E-state index < -0.39 is 0 Å². The fraction of sp³-hybridized carbons (Fsp3) is 0.400. The molecule has 1 atom stereocenters. The standard InChI is InChI=1S/C15H18FNO/c1-3-12-5-4-10-17(15(12)18)11(2)13-6-8-14(16)9-7-13/h3,6-9,11H,4-5,10H2,1-2H3/b12-3+/t11-/m0/s1. The summed E-state index contributed by atoms with van der Waals surface area (Å²) in [6.45, 7) is 4.66. The normalized spacial score (nSPS) is 20.3. The van der Waals surface area contributed by atoms with Crippen molar-refractivity contribution in [2.24, 2.45) is 0 Å². The van der Waals surface area contributed by atoms with Crippen LogP contribution in [0.4, 0.5) is 4.39 Å². The maximum absolute atomic E-state index is 12.9. The molecule has 0 spiro atoms. The number of carbonyl (C=O) groups excluding carboxylic acids is 1. The third kappa shape index (κ3) is 2.45. The van der Waals surface area contributed by atoms with Gasteiger partial charge in [0.25, 0.3) is 0 Å². The number of benzene rings is 1. The Morgan fingerprint density at radius 3 is 2.61 bits per heavy atom. The lowest BCUT2D eigenvalue weighted by molar-refractivity contribution is -0.130. The van der Waals surface area contributed by atoms with E-state index in [2.05, 4.69) is 0 Å². The molecule has 96 valence electrons. The third-order valence-corrected chi connectivity index (χ3v) is 3.55. The summed E-state index contributed by atoms with van der Waals surface area (Å²) in [6.07, 6.45) is 3.75. The van der Waals surface area contributed by atoms with Crippen LogP contribution in [0.3, 0.4) is 0 Å². The summed E-state index contributed by atoms with van der Waals surface area (Å²) in [5.41, 5.74) is 1.86. The van der Waals surface area contributed by atoms with Crippen LogP contribution in [0.2, 0.25) is 0 Å². The smallest absolute Gasteiger partial charge is 0.249 e. The lowest BCUT2D eigenvalue weighted by Crippen LogP contribution is -2.38. The van der Waals surface area contributed by atoms with Crippen molar-refractivity contribution in [2.75, 3.05) is 6.54 Å². The summed E-state index contributed by atoms with van der Waals surface area (Å²) in [4.78, 5) is 14.1. The van der Waals surface area contributed by atoms with Crippen molar-refractivity contribution in [1.29, 1.82) is 0 Å². The first kappa shape index (κ1) is 12.8. The second-order valence-corrected chi connectivity index (χ2v) is 4.64. The number of hydrogen-bond donors (Lipinski definition) is 0. The van der Waals surface area contributed by atoms with Crippen LogP contribution in [0.1, 0.15) is 38.3 Å². The number of nitrogens with zero attached hydrogens (tertiary/aromatic N) is 1. The molecule has 0 aliphatic carbocycles. The van der Waals surface area contributed by atoms with Crippen molar-refractivity contribution in [3.05, 3.63) is 47.3 Å². The third-order valence-electron chi connectivity index (χ3n) is 3.55. The van der Waals surface area contributed by atoms with Crippen LogP contribution in [0.25, 0.3) is 0 Å². The van der Waals surface area contributed by atoms with Crippen LogP contribution in [-0.2, 0) is 4.79 Å². The molecule has 1 fully saturated rings. The molecule has 3 heteroatoms. The molecule has 1 aromatic rings. The lowest BCUT2D eigenvalue weighted by Gasteiger charge is -2.34. The molecule has 1 aliphatic heterocycles. The van der Waals surface area contributed by atoms with E-state index in [4.69, 9.17) is 0 Å². The van der Waals surface area contributed by atoms with Gasteiger partial charge in [-0.1, -0.05) is 18.2 Å². The van der Waals surface area contributed by atoms with Crippen molar-refractivity contribution < 1.29 is 9.18 Å². The van der Waals surface area contributed by atoms with Crippen LogP contribution in [0.15, 0.2) is 35.9 Å². The van der Waals surface area contributed by atoms with Gasteiger partial charge in [0.1, 0.15) is 5.82 Å². The average Bonchev–Trinajstić information content (AvgIpc) is 2.39. The van der Waals surface area contributed by atoms with Crippen LogP contribution < -0.4 is 0 Å². The second kappa shape index (κ2) is 5.34. The zero-order valence-electron chi connectivity index (χ0n) is 10.8. The van der Waals surface area contributed by atoms with Crippen molar-refractivity contribution >= 4 is 5.91 Å². The fourth-order valence-electron chi connectivity index (χ4n) is 2.39. The number of piperidine rings is 1. The highest BCUT2D eigenvalue weighted by atomic mass is 19.1. The van der Waals surface area contributed by atoms with E-state index in [1.54, 1.807) is 12.1 Å². The van der Waals surface area contributed by atoms with E-state index in [9.17, 15) is 9.18 Å². The van der Waals surface area contributed by atoms with E-state index in [0.29, 0.717) is 0 Å². The number of rotatable bonds is 2. The van der Waals surface area contributed by atoms with Crippen LogP contribution >= 0.6 is 0 Å². The van der Waals surface area contributed by atoms with Crippen molar-refractivity contribution in [1.82, 2.24) is 4.90 Å². The molecular formula is C15H18FNO. The van der Waals surface area contributed by atoms with E-state index in [1.807, 2.05) is 24.8 Å². The molecule has 1 amide bonds. The predicted octanol–water partition coefficient (Wildman–Crippen LogP) is 3.46. The van der Waals surface area contributed by atoms with Gasteiger partial charge in [0, 0.05) is 12.1 Å². The Kier molecular flexibility index (Phi) is 3.80. The topological polar surface area (TPSA) is 20.3 Å². The number of halogens is 1. The van der Waals surface area contributed by atoms with Gasteiger partial charge in [0.2, 0.25) is 5.91 Å². The highest BCUT2D eigenvalue weighted by Crippen LogP contribution is 2.27. The van der Waals surface area contributed by atoms with Gasteiger partial charge < -0.3 is 4.90 Å². The summed E-state index contributed by atoms with van der Waals surface area (Å²) in [5, 5.41) is 0. The average molecular weight is 247 g/mol. The van der Waals surface area contributed by atoms with E-state index in [0.717, 1.165) is 30.5 Å². The molecule has 1 aromatic carbocycles. The minimum absolute atomic E-state index is 0.00616. The van der Waals surface area contributed by atoms with E-state index >= 15 is 0 Å². The first-order valence-corrected chi connectivity index (χ1v) is 6.35. The molecule has 2 nitrogen and oxygen atoms in total. The van der Waals surface area contributed by atoms with Gasteiger partial charge in [-0.25, -0.2) is 4.39 Å². The van der Waals surface area contributed by atoms with Crippen molar-refractivity contribution in [3.63, 3.8) is 0 Å². The predicted molar refractivity (Wildman–Crippen MR) is 69.5 cm³/mol. The molecule has 0 bridgehead atoms. The van der Waals surface area contributed by atoms with Gasteiger partial charge in [-0.05, 0) is 44.4 Å². The summed E-state index contributed by atoms with van der Waals surface area (Å²) in [6, 6.07) is 6.37.